The van der Waals surface area contributed by atoms with Crippen molar-refractivity contribution in [1.82, 2.24) is 10.3 Å². The Bertz CT molecular complexity index is 748. The van der Waals surface area contributed by atoms with Crippen molar-refractivity contribution < 1.29 is 4.39 Å². The van der Waals surface area contributed by atoms with Crippen molar-refractivity contribution in [2.75, 3.05) is 7.05 Å². The molecule has 20 heavy (non-hydrogen) atoms. The molecule has 1 heterocycles. The van der Waals surface area contributed by atoms with E-state index in [1.807, 2.05) is 43.4 Å². The first-order chi connectivity index (χ1) is 9.79. The molecule has 3 heteroatoms. The normalized spacial score (nSPS) is 10.9. The van der Waals surface area contributed by atoms with Gasteiger partial charge in [0.1, 0.15) is 5.82 Å². The van der Waals surface area contributed by atoms with Crippen LogP contribution in [0.1, 0.15) is 5.56 Å². The number of nitrogens with zero attached hydrogens (tertiary/aromatic N) is 1. The van der Waals surface area contributed by atoms with Gasteiger partial charge in [0.05, 0.1) is 5.52 Å². The van der Waals surface area contributed by atoms with E-state index in [-0.39, 0.29) is 5.82 Å². The summed E-state index contributed by atoms with van der Waals surface area (Å²) < 4.78 is 14.2. The molecule has 0 saturated carbocycles. The fraction of sp³-hybridized carbons (Fsp3) is 0.118. The van der Waals surface area contributed by atoms with Gasteiger partial charge in [-0.3, -0.25) is 4.98 Å². The van der Waals surface area contributed by atoms with Crippen LogP contribution in [0.3, 0.4) is 0 Å². The van der Waals surface area contributed by atoms with Gasteiger partial charge in [0.15, 0.2) is 0 Å². The van der Waals surface area contributed by atoms with Gasteiger partial charge in [-0.15, -0.1) is 0 Å². The van der Waals surface area contributed by atoms with Crippen LogP contribution in [0.2, 0.25) is 0 Å². The molecule has 0 aliphatic carbocycles. The number of benzene rings is 2. The third-order valence-electron chi connectivity index (χ3n) is 3.35. The summed E-state index contributed by atoms with van der Waals surface area (Å²) in [6.07, 6.45) is 1.75. The molecule has 100 valence electrons. The first kappa shape index (κ1) is 12.8. The number of pyridine rings is 1. The van der Waals surface area contributed by atoms with Crippen molar-refractivity contribution in [3.8, 4) is 11.1 Å². The van der Waals surface area contributed by atoms with Crippen LogP contribution < -0.4 is 5.32 Å². The van der Waals surface area contributed by atoms with Crippen LogP contribution >= 0.6 is 0 Å². The Balaban J connectivity index is 2.22. The minimum absolute atomic E-state index is 0.207. The van der Waals surface area contributed by atoms with Gasteiger partial charge < -0.3 is 5.32 Å². The largest absolute Gasteiger partial charge is 0.316 e. The molecule has 1 N–H and O–H groups in total. The predicted octanol–water partition coefficient (Wildman–Crippen LogP) is 3.76. The lowest BCUT2D eigenvalue weighted by molar-refractivity contribution is 0.630. The molecule has 0 fully saturated rings. The second-order valence-corrected chi connectivity index (χ2v) is 4.72. The average Bonchev–Trinajstić information content (AvgIpc) is 2.49. The summed E-state index contributed by atoms with van der Waals surface area (Å²) in [5.41, 5.74) is 3.44. The van der Waals surface area contributed by atoms with Crippen molar-refractivity contribution in [3.63, 3.8) is 0 Å². The Morgan fingerprint density at radius 1 is 1.05 bits per heavy atom. The Kier molecular flexibility index (Phi) is 3.44. The molecule has 0 atom stereocenters. The second kappa shape index (κ2) is 5.39. The van der Waals surface area contributed by atoms with E-state index in [0.717, 1.165) is 28.6 Å². The summed E-state index contributed by atoms with van der Waals surface area (Å²) >= 11 is 0. The number of nitrogens with one attached hydrogen (secondary N) is 1. The molecule has 0 saturated heterocycles. The number of rotatable bonds is 3. The van der Waals surface area contributed by atoms with Crippen molar-refractivity contribution in [3.05, 3.63) is 66.1 Å². The summed E-state index contributed by atoms with van der Waals surface area (Å²) in [5, 5.41) is 4.05. The fourth-order valence-corrected chi connectivity index (χ4v) is 2.43. The van der Waals surface area contributed by atoms with E-state index in [1.54, 1.807) is 12.3 Å². The van der Waals surface area contributed by atoms with E-state index >= 15 is 0 Å². The Morgan fingerprint density at radius 2 is 1.95 bits per heavy atom. The molecular weight excluding hydrogens is 251 g/mol. The standard InChI is InChI=1S/C17H15FN2/c1-19-11-12-7-8-16(18)15(10-12)13-4-2-6-17-14(13)5-3-9-20-17/h2-10,19H,11H2,1H3. The first-order valence-corrected chi connectivity index (χ1v) is 6.57. The van der Waals surface area contributed by atoms with Crippen LogP contribution in [-0.2, 0) is 6.54 Å². The van der Waals surface area contributed by atoms with E-state index in [0.29, 0.717) is 5.56 Å². The molecule has 0 aliphatic heterocycles. The number of fused-ring (bicyclic) bond motifs is 1. The molecule has 2 nitrogen and oxygen atoms in total. The summed E-state index contributed by atoms with van der Waals surface area (Å²) in [7, 11) is 1.88. The highest BCUT2D eigenvalue weighted by Gasteiger charge is 2.09. The van der Waals surface area contributed by atoms with Gasteiger partial charge in [-0.1, -0.05) is 24.3 Å². The van der Waals surface area contributed by atoms with E-state index in [1.165, 1.54) is 6.07 Å². The number of halogens is 1. The zero-order valence-corrected chi connectivity index (χ0v) is 11.2. The third kappa shape index (κ3) is 2.28. The Labute approximate surface area is 117 Å². The number of hydrogen-bond donors (Lipinski definition) is 1. The Hall–Kier alpha value is -2.26. The lowest BCUT2D eigenvalue weighted by Crippen LogP contribution is -2.05. The minimum Gasteiger partial charge on any atom is -0.316 e. The molecule has 3 aromatic rings. The molecule has 0 bridgehead atoms. The first-order valence-electron chi connectivity index (χ1n) is 6.57. The molecule has 2 aromatic carbocycles. The van der Waals surface area contributed by atoms with Crippen LogP contribution in [0.25, 0.3) is 22.0 Å². The highest BCUT2D eigenvalue weighted by molar-refractivity contribution is 5.94. The highest BCUT2D eigenvalue weighted by Crippen LogP contribution is 2.30. The molecule has 0 spiro atoms. The Morgan fingerprint density at radius 3 is 2.80 bits per heavy atom. The van der Waals surface area contributed by atoms with Crippen LogP contribution in [0.4, 0.5) is 4.39 Å². The fourth-order valence-electron chi connectivity index (χ4n) is 2.43. The minimum atomic E-state index is -0.207. The molecule has 3 rings (SSSR count). The van der Waals surface area contributed by atoms with Gasteiger partial charge in [-0.25, -0.2) is 4.39 Å². The van der Waals surface area contributed by atoms with Gasteiger partial charge in [0.2, 0.25) is 0 Å². The van der Waals surface area contributed by atoms with Crippen molar-refractivity contribution in [1.29, 1.82) is 0 Å². The summed E-state index contributed by atoms with van der Waals surface area (Å²) in [5.74, 6) is -0.207. The number of hydrogen-bond acceptors (Lipinski definition) is 2. The van der Waals surface area contributed by atoms with Gasteiger partial charge in [0.25, 0.3) is 0 Å². The maximum Gasteiger partial charge on any atom is 0.131 e. The van der Waals surface area contributed by atoms with Crippen LogP contribution in [0, 0.1) is 5.82 Å². The van der Waals surface area contributed by atoms with Gasteiger partial charge in [-0.2, -0.15) is 0 Å². The second-order valence-electron chi connectivity index (χ2n) is 4.72. The van der Waals surface area contributed by atoms with Crippen LogP contribution in [0.5, 0.6) is 0 Å². The monoisotopic (exact) mass is 266 g/mol. The lowest BCUT2D eigenvalue weighted by atomic mass is 9.98. The molecule has 0 amide bonds. The zero-order valence-electron chi connectivity index (χ0n) is 11.2. The van der Waals surface area contributed by atoms with E-state index in [4.69, 9.17) is 0 Å². The maximum atomic E-state index is 14.2. The maximum absolute atomic E-state index is 14.2. The summed E-state index contributed by atoms with van der Waals surface area (Å²) in [4.78, 5) is 4.32. The van der Waals surface area contributed by atoms with E-state index in [9.17, 15) is 4.39 Å². The van der Waals surface area contributed by atoms with Gasteiger partial charge in [-0.05, 0) is 42.4 Å². The topological polar surface area (TPSA) is 24.9 Å². The molecule has 0 radical (unpaired) electrons. The SMILES string of the molecule is CNCc1ccc(F)c(-c2cccc3ncccc23)c1. The smallest absolute Gasteiger partial charge is 0.131 e. The predicted molar refractivity (Wildman–Crippen MR) is 79.9 cm³/mol. The molecule has 1 aromatic heterocycles. The lowest BCUT2D eigenvalue weighted by Gasteiger charge is -2.09. The van der Waals surface area contributed by atoms with E-state index in [2.05, 4.69) is 10.3 Å². The zero-order chi connectivity index (χ0) is 13.9. The summed E-state index contributed by atoms with van der Waals surface area (Å²) in [6.45, 7) is 0.719. The van der Waals surface area contributed by atoms with E-state index < -0.39 is 0 Å². The molecular formula is C17H15FN2. The van der Waals surface area contributed by atoms with Gasteiger partial charge in [0, 0.05) is 23.7 Å². The van der Waals surface area contributed by atoms with Crippen LogP contribution in [0.15, 0.2) is 54.7 Å². The summed E-state index contributed by atoms with van der Waals surface area (Å²) in [6, 6.07) is 14.9. The average molecular weight is 266 g/mol. The quantitative estimate of drug-likeness (QED) is 0.780. The molecule has 0 aliphatic rings. The van der Waals surface area contributed by atoms with Crippen molar-refractivity contribution in [2.45, 2.75) is 6.54 Å². The highest BCUT2D eigenvalue weighted by atomic mass is 19.1. The van der Waals surface area contributed by atoms with Gasteiger partial charge >= 0.3 is 0 Å². The van der Waals surface area contributed by atoms with Crippen molar-refractivity contribution in [2.24, 2.45) is 0 Å². The van der Waals surface area contributed by atoms with Crippen molar-refractivity contribution >= 4 is 10.9 Å². The van der Waals surface area contributed by atoms with Crippen LogP contribution in [-0.4, -0.2) is 12.0 Å². The number of aromatic nitrogens is 1. The third-order valence-corrected chi connectivity index (χ3v) is 3.35. The molecule has 0 unspecified atom stereocenters.